The molecule has 8 heteroatoms. The van der Waals surface area contributed by atoms with Crippen LogP contribution in [0.15, 0.2) is 30.3 Å². The molecule has 0 aromatic heterocycles. The number of hydrogen-bond donors (Lipinski definition) is 0. The number of carbonyl (C=O) groups is 2. The zero-order valence-electron chi connectivity index (χ0n) is 12.5. The number of halogens is 3. The number of benzene rings is 1. The number of amides is 2. The predicted molar refractivity (Wildman–Crippen MR) is 99.5 cm³/mol. The monoisotopic (exact) mass is 480 g/mol. The third-order valence-electron chi connectivity index (χ3n) is 3.99. The summed E-state index contributed by atoms with van der Waals surface area (Å²) in [4.78, 5) is 26.7. The van der Waals surface area contributed by atoms with Gasteiger partial charge in [0.1, 0.15) is 11.5 Å². The van der Waals surface area contributed by atoms with Crippen molar-refractivity contribution in [3.63, 3.8) is 0 Å². The van der Waals surface area contributed by atoms with E-state index in [0.717, 1.165) is 5.56 Å². The highest BCUT2D eigenvalue weighted by Gasteiger charge is 2.65. The van der Waals surface area contributed by atoms with Crippen LogP contribution in [0.25, 0.3) is 0 Å². The molecular weight excluding hydrogens is 468 g/mol. The SMILES string of the molecule is CC1(C)SN(Cc2ccccc2)C(=O)C1N1C(=O)C(Br)(Br)[C@H]1Cl. The topological polar surface area (TPSA) is 40.6 Å². The maximum atomic E-state index is 12.9. The molecule has 2 saturated heterocycles. The Balaban J connectivity index is 1.82. The van der Waals surface area contributed by atoms with Crippen molar-refractivity contribution < 1.29 is 9.59 Å². The van der Waals surface area contributed by atoms with Gasteiger partial charge in [0.2, 0.25) is 0 Å². The first-order chi connectivity index (χ1) is 10.7. The van der Waals surface area contributed by atoms with E-state index in [0.29, 0.717) is 6.54 Å². The smallest absolute Gasteiger partial charge is 0.257 e. The molecule has 2 aliphatic rings. The number of rotatable bonds is 3. The highest BCUT2D eigenvalue weighted by atomic mass is 79.9. The standard InChI is InChI=1S/C15H15Br2ClN2O2S/c1-14(2)10(20-12(18)15(16,17)13(20)22)11(21)19(23-14)8-9-6-4-3-5-7-9/h3-7,10,12H,8H2,1-2H3/t10?,12-/m0/s1. The molecule has 3 rings (SSSR count). The van der Waals surface area contributed by atoms with Crippen LogP contribution in [0.5, 0.6) is 0 Å². The lowest BCUT2D eigenvalue weighted by Gasteiger charge is -2.50. The highest BCUT2D eigenvalue weighted by molar-refractivity contribution is 9.26. The van der Waals surface area contributed by atoms with Gasteiger partial charge < -0.3 is 4.90 Å². The normalized spacial score (nSPS) is 28.9. The molecule has 2 fully saturated rings. The number of β-lactam (4-membered cyclic amide) rings is 1. The quantitative estimate of drug-likeness (QED) is 0.285. The number of nitrogens with zero attached hydrogens (tertiary/aromatic N) is 2. The minimum Gasteiger partial charge on any atom is -0.308 e. The fourth-order valence-corrected chi connectivity index (χ4v) is 5.29. The Labute approximate surface area is 161 Å². The molecule has 1 aromatic carbocycles. The number of hydrogen-bond acceptors (Lipinski definition) is 3. The van der Waals surface area contributed by atoms with Crippen molar-refractivity contribution in [2.45, 2.75) is 39.9 Å². The van der Waals surface area contributed by atoms with E-state index in [4.69, 9.17) is 11.6 Å². The van der Waals surface area contributed by atoms with Crippen LogP contribution >= 0.6 is 55.4 Å². The second-order valence-electron chi connectivity index (χ2n) is 6.13. The lowest BCUT2D eigenvalue weighted by atomic mass is 9.96. The molecule has 0 radical (unpaired) electrons. The van der Waals surface area contributed by atoms with Crippen LogP contribution in [0, 0.1) is 0 Å². The van der Waals surface area contributed by atoms with Gasteiger partial charge >= 0.3 is 0 Å². The van der Waals surface area contributed by atoms with Gasteiger partial charge in [-0.15, -0.1) is 0 Å². The van der Waals surface area contributed by atoms with Crippen LogP contribution in [0.3, 0.4) is 0 Å². The van der Waals surface area contributed by atoms with Crippen molar-refractivity contribution in [1.82, 2.24) is 9.21 Å². The first kappa shape index (κ1) is 17.6. The molecule has 2 amide bonds. The van der Waals surface area contributed by atoms with Crippen molar-refractivity contribution in [2.75, 3.05) is 0 Å². The van der Waals surface area contributed by atoms with Crippen molar-refractivity contribution in [3.05, 3.63) is 35.9 Å². The summed E-state index contributed by atoms with van der Waals surface area (Å²) in [6.45, 7) is 4.43. The average molecular weight is 483 g/mol. The Morgan fingerprint density at radius 1 is 1.22 bits per heavy atom. The van der Waals surface area contributed by atoms with Crippen LogP contribution in [-0.2, 0) is 16.1 Å². The van der Waals surface area contributed by atoms with Crippen molar-refractivity contribution in [1.29, 1.82) is 0 Å². The number of likely N-dealkylation sites (tertiary alicyclic amines) is 1. The Bertz CT molecular complexity index is 656. The highest BCUT2D eigenvalue weighted by Crippen LogP contribution is 2.53. The van der Waals surface area contributed by atoms with Crippen LogP contribution in [-0.4, -0.2) is 40.5 Å². The lowest BCUT2D eigenvalue weighted by Crippen LogP contribution is -2.72. The second kappa shape index (κ2) is 5.93. The third-order valence-corrected chi connectivity index (χ3v) is 7.83. The zero-order chi connectivity index (χ0) is 17.0. The minimum atomic E-state index is -0.977. The van der Waals surface area contributed by atoms with Gasteiger partial charge in [0.15, 0.2) is 3.23 Å². The first-order valence-electron chi connectivity index (χ1n) is 7.05. The molecule has 124 valence electrons. The number of carbonyl (C=O) groups excluding carboxylic acids is 2. The third kappa shape index (κ3) is 2.83. The Morgan fingerprint density at radius 3 is 2.39 bits per heavy atom. The minimum absolute atomic E-state index is 0.0849. The van der Waals surface area contributed by atoms with Gasteiger partial charge in [-0.1, -0.05) is 73.8 Å². The molecule has 0 N–H and O–H groups in total. The van der Waals surface area contributed by atoms with Crippen molar-refractivity contribution >= 4 is 67.2 Å². The summed E-state index contributed by atoms with van der Waals surface area (Å²) in [7, 11) is 0. The summed E-state index contributed by atoms with van der Waals surface area (Å²) in [5.74, 6) is -0.301. The van der Waals surface area contributed by atoms with E-state index in [2.05, 4.69) is 31.9 Å². The summed E-state index contributed by atoms with van der Waals surface area (Å²) < 4.78 is 0.306. The van der Waals surface area contributed by atoms with Crippen LogP contribution in [0.2, 0.25) is 0 Å². The van der Waals surface area contributed by atoms with Gasteiger partial charge in [0, 0.05) is 0 Å². The maximum absolute atomic E-state index is 12.9. The summed E-state index contributed by atoms with van der Waals surface area (Å²) >= 11 is 14.3. The van der Waals surface area contributed by atoms with Gasteiger partial charge in [-0.05, 0) is 31.4 Å². The van der Waals surface area contributed by atoms with Gasteiger partial charge in [-0.2, -0.15) is 0 Å². The van der Waals surface area contributed by atoms with Gasteiger partial charge in [0.05, 0.1) is 11.3 Å². The maximum Gasteiger partial charge on any atom is 0.257 e. The van der Waals surface area contributed by atoms with Crippen LogP contribution in [0.4, 0.5) is 0 Å². The molecule has 2 atom stereocenters. The van der Waals surface area contributed by atoms with E-state index in [1.54, 1.807) is 4.31 Å². The Morgan fingerprint density at radius 2 is 1.83 bits per heavy atom. The summed E-state index contributed by atoms with van der Waals surface area (Å²) in [5.41, 5.74) is 0.443. The molecule has 2 heterocycles. The second-order valence-corrected chi connectivity index (χ2v) is 11.8. The molecule has 0 spiro atoms. The molecule has 0 aliphatic carbocycles. The predicted octanol–water partition coefficient (Wildman–Crippen LogP) is 3.72. The van der Waals surface area contributed by atoms with E-state index in [1.807, 2.05) is 44.2 Å². The molecular formula is C15H15Br2ClN2O2S. The van der Waals surface area contributed by atoms with E-state index < -0.39 is 19.5 Å². The van der Waals surface area contributed by atoms with Gasteiger partial charge in [0.25, 0.3) is 11.8 Å². The molecule has 2 aliphatic heterocycles. The molecule has 1 unspecified atom stereocenters. The van der Waals surface area contributed by atoms with Crippen molar-refractivity contribution in [3.8, 4) is 0 Å². The fraction of sp³-hybridized carbons (Fsp3) is 0.467. The molecule has 4 nitrogen and oxygen atoms in total. The van der Waals surface area contributed by atoms with E-state index in [1.165, 1.54) is 16.8 Å². The fourth-order valence-electron chi connectivity index (χ4n) is 2.86. The average Bonchev–Trinajstić information content (AvgIpc) is 2.71. The molecule has 0 saturated carbocycles. The van der Waals surface area contributed by atoms with Crippen LogP contribution < -0.4 is 0 Å². The number of alkyl halides is 3. The zero-order valence-corrected chi connectivity index (χ0v) is 17.2. The van der Waals surface area contributed by atoms with Gasteiger partial charge in [-0.25, -0.2) is 0 Å². The van der Waals surface area contributed by atoms with E-state index in [-0.39, 0.29) is 11.8 Å². The molecule has 0 bridgehead atoms. The van der Waals surface area contributed by atoms with E-state index >= 15 is 0 Å². The summed E-state index contributed by atoms with van der Waals surface area (Å²) in [5, 5.41) is 0. The Kier molecular flexibility index (Phi) is 4.53. The lowest BCUT2D eigenvalue weighted by molar-refractivity contribution is -0.152. The molecule has 23 heavy (non-hydrogen) atoms. The largest absolute Gasteiger partial charge is 0.308 e. The molecule has 1 aromatic rings. The van der Waals surface area contributed by atoms with Gasteiger partial charge in [-0.3, -0.25) is 13.9 Å². The van der Waals surface area contributed by atoms with Crippen LogP contribution in [0.1, 0.15) is 19.4 Å². The van der Waals surface area contributed by atoms with E-state index in [9.17, 15) is 9.59 Å². The Hall–Kier alpha value is -0.240. The van der Waals surface area contributed by atoms with Crippen molar-refractivity contribution in [2.24, 2.45) is 0 Å². The summed E-state index contributed by atoms with van der Waals surface area (Å²) in [6.07, 6.45) is 0. The summed E-state index contributed by atoms with van der Waals surface area (Å²) in [6, 6.07) is 9.22. The first-order valence-corrected chi connectivity index (χ1v) is 9.85.